The quantitative estimate of drug-likeness (QED) is 0.743. The van der Waals surface area contributed by atoms with Crippen LogP contribution in [0.5, 0.6) is 0 Å². The SMILES string of the molecule is CCCNC(c1ccc(C)cc1C)c1ccccc1SC. The lowest BCUT2D eigenvalue weighted by Gasteiger charge is -2.23. The van der Waals surface area contributed by atoms with Gasteiger partial charge in [-0.3, -0.25) is 0 Å². The number of nitrogens with one attached hydrogen (secondary N) is 1. The summed E-state index contributed by atoms with van der Waals surface area (Å²) in [6.07, 6.45) is 3.29. The topological polar surface area (TPSA) is 12.0 Å². The molecule has 1 atom stereocenters. The summed E-state index contributed by atoms with van der Waals surface area (Å²) in [5.41, 5.74) is 5.45. The van der Waals surface area contributed by atoms with Gasteiger partial charge in [-0.2, -0.15) is 0 Å². The first-order valence-corrected chi connectivity index (χ1v) is 8.83. The highest BCUT2D eigenvalue weighted by atomic mass is 32.2. The maximum absolute atomic E-state index is 3.72. The first kappa shape index (κ1) is 16.1. The maximum Gasteiger partial charge on any atom is 0.0590 e. The number of rotatable bonds is 6. The van der Waals surface area contributed by atoms with Gasteiger partial charge in [-0.25, -0.2) is 0 Å². The van der Waals surface area contributed by atoms with Gasteiger partial charge in [0.15, 0.2) is 0 Å². The summed E-state index contributed by atoms with van der Waals surface area (Å²) in [6.45, 7) is 7.61. The van der Waals surface area contributed by atoms with E-state index in [0.717, 1.165) is 13.0 Å². The van der Waals surface area contributed by atoms with Crippen molar-refractivity contribution in [3.63, 3.8) is 0 Å². The molecule has 0 amide bonds. The van der Waals surface area contributed by atoms with E-state index in [1.54, 1.807) is 0 Å². The van der Waals surface area contributed by atoms with Crippen LogP contribution in [0.2, 0.25) is 0 Å². The van der Waals surface area contributed by atoms with Gasteiger partial charge in [-0.05, 0) is 55.8 Å². The molecule has 0 saturated heterocycles. The monoisotopic (exact) mass is 299 g/mol. The van der Waals surface area contributed by atoms with Gasteiger partial charge in [0, 0.05) is 4.90 Å². The molecule has 2 rings (SSSR count). The van der Waals surface area contributed by atoms with Crippen LogP contribution in [0.1, 0.15) is 41.6 Å². The minimum atomic E-state index is 0.272. The van der Waals surface area contributed by atoms with Gasteiger partial charge in [0.05, 0.1) is 6.04 Å². The zero-order valence-electron chi connectivity index (χ0n) is 13.4. The van der Waals surface area contributed by atoms with Crippen LogP contribution >= 0.6 is 11.8 Å². The summed E-state index contributed by atoms with van der Waals surface area (Å²) in [5.74, 6) is 0. The van der Waals surface area contributed by atoms with Crippen molar-refractivity contribution >= 4 is 11.8 Å². The standard InChI is InChI=1S/C19H25NS/c1-5-12-20-19(16-11-10-14(2)13-15(16)3)17-8-6-7-9-18(17)21-4/h6-11,13,19-20H,5,12H2,1-4H3. The van der Waals surface area contributed by atoms with Crippen LogP contribution in [-0.4, -0.2) is 12.8 Å². The van der Waals surface area contributed by atoms with Crippen molar-refractivity contribution in [3.8, 4) is 0 Å². The molecule has 1 N–H and O–H groups in total. The Bertz CT molecular complexity index is 592. The van der Waals surface area contributed by atoms with E-state index in [-0.39, 0.29) is 6.04 Å². The number of hydrogen-bond acceptors (Lipinski definition) is 2. The van der Waals surface area contributed by atoms with Crippen LogP contribution in [0.3, 0.4) is 0 Å². The molecule has 0 heterocycles. The van der Waals surface area contributed by atoms with Gasteiger partial charge in [0.25, 0.3) is 0 Å². The Hall–Kier alpha value is -1.25. The Balaban J connectivity index is 2.47. The molecule has 21 heavy (non-hydrogen) atoms. The second kappa shape index (κ2) is 7.67. The van der Waals surface area contributed by atoms with Gasteiger partial charge in [0.1, 0.15) is 0 Å². The van der Waals surface area contributed by atoms with Crippen LogP contribution in [0.4, 0.5) is 0 Å². The normalized spacial score (nSPS) is 12.4. The smallest absolute Gasteiger partial charge is 0.0590 e. The van der Waals surface area contributed by atoms with Crippen molar-refractivity contribution in [3.05, 3.63) is 64.7 Å². The highest BCUT2D eigenvalue weighted by Crippen LogP contribution is 2.32. The third kappa shape index (κ3) is 3.90. The average Bonchev–Trinajstić information content (AvgIpc) is 2.49. The van der Waals surface area contributed by atoms with Gasteiger partial charge >= 0.3 is 0 Å². The molecule has 0 spiro atoms. The lowest BCUT2D eigenvalue weighted by atomic mass is 9.93. The molecule has 0 aliphatic heterocycles. The Kier molecular flexibility index (Phi) is 5.89. The minimum absolute atomic E-state index is 0.272. The predicted molar refractivity (Wildman–Crippen MR) is 94.3 cm³/mol. The van der Waals surface area contributed by atoms with E-state index in [9.17, 15) is 0 Å². The molecule has 0 aliphatic rings. The minimum Gasteiger partial charge on any atom is -0.306 e. The molecule has 0 aromatic heterocycles. The van der Waals surface area contributed by atoms with E-state index in [1.165, 1.54) is 27.1 Å². The summed E-state index contributed by atoms with van der Waals surface area (Å²) in [4.78, 5) is 1.35. The van der Waals surface area contributed by atoms with Crippen molar-refractivity contribution in [2.45, 2.75) is 38.1 Å². The molecule has 0 bridgehead atoms. The third-order valence-corrected chi connectivity index (χ3v) is 4.60. The average molecular weight is 299 g/mol. The predicted octanol–water partition coefficient (Wildman–Crippen LogP) is 5.11. The lowest BCUT2D eigenvalue weighted by Crippen LogP contribution is -2.24. The molecule has 0 radical (unpaired) electrons. The Morgan fingerprint density at radius 2 is 1.81 bits per heavy atom. The van der Waals surface area contributed by atoms with E-state index < -0.39 is 0 Å². The van der Waals surface area contributed by atoms with E-state index in [1.807, 2.05) is 11.8 Å². The molecule has 0 saturated carbocycles. The fourth-order valence-electron chi connectivity index (χ4n) is 2.73. The summed E-state index contributed by atoms with van der Waals surface area (Å²) < 4.78 is 0. The van der Waals surface area contributed by atoms with Crippen LogP contribution < -0.4 is 5.32 Å². The Labute approximate surface area is 133 Å². The Morgan fingerprint density at radius 3 is 2.48 bits per heavy atom. The summed E-state index contributed by atoms with van der Waals surface area (Å²) >= 11 is 1.82. The summed E-state index contributed by atoms with van der Waals surface area (Å²) in [5, 5.41) is 3.72. The van der Waals surface area contributed by atoms with Crippen LogP contribution in [0, 0.1) is 13.8 Å². The van der Waals surface area contributed by atoms with E-state index in [4.69, 9.17) is 0 Å². The second-order valence-corrected chi connectivity index (χ2v) is 6.34. The van der Waals surface area contributed by atoms with E-state index in [0.29, 0.717) is 0 Å². The fraction of sp³-hybridized carbons (Fsp3) is 0.368. The second-order valence-electron chi connectivity index (χ2n) is 5.49. The maximum atomic E-state index is 3.72. The van der Waals surface area contributed by atoms with Gasteiger partial charge < -0.3 is 5.32 Å². The molecule has 0 fully saturated rings. The van der Waals surface area contributed by atoms with Crippen LogP contribution in [0.25, 0.3) is 0 Å². The number of hydrogen-bond donors (Lipinski definition) is 1. The summed E-state index contributed by atoms with van der Waals surface area (Å²) in [7, 11) is 0. The molecular formula is C19H25NS. The number of thioether (sulfide) groups is 1. The number of aryl methyl sites for hydroxylation is 2. The molecule has 2 aromatic carbocycles. The largest absolute Gasteiger partial charge is 0.306 e. The molecule has 2 aromatic rings. The molecule has 1 nitrogen and oxygen atoms in total. The molecule has 2 heteroatoms. The molecule has 0 aliphatic carbocycles. The van der Waals surface area contributed by atoms with Crippen molar-refractivity contribution in [1.29, 1.82) is 0 Å². The van der Waals surface area contributed by atoms with Crippen molar-refractivity contribution in [2.75, 3.05) is 12.8 Å². The van der Waals surface area contributed by atoms with E-state index >= 15 is 0 Å². The van der Waals surface area contributed by atoms with E-state index in [2.05, 4.69) is 74.8 Å². The molecule has 1 unspecified atom stereocenters. The lowest BCUT2D eigenvalue weighted by molar-refractivity contribution is 0.589. The molecule has 112 valence electrons. The number of benzene rings is 2. The van der Waals surface area contributed by atoms with Crippen molar-refractivity contribution < 1.29 is 0 Å². The van der Waals surface area contributed by atoms with Crippen LogP contribution in [0.15, 0.2) is 47.4 Å². The van der Waals surface area contributed by atoms with Gasteiger partial charge in [-0.15, -0.1) is 11.8 Å². The molecular weight excluding hydrogens is 274 g/mol. The van der Waals surface area contributed by atoms with Crippen molar-refractivity contribution in [2.24, 2.45) is 0 Å². The third-order valence-electron chi connectivity index (χ3n) is 3.78. The zero-order chi connectivity index (χ0) is 15.2. The van der Waals surface area contributed by atoms with Crippen LogP contribution in [-0.2, 0) is 0 Å². The van der Waals surface area contributed by atoms with Gasteiger partial charge in [-0.1, -0.05) is 48.9 Å². The highest BCUT2D eigenvalue weighted by Gasteiger charge is 2.18. The highest BCUT2D eigenvalue weighted by molar-refractivity contribution is 7.98. The fourth-order valence-corrected chi connectivity index (χ4v) is 3.37. The summed E-state index contributed by atoms with van der Waals surface area (Å²) in [6, 6.07) is 15.8. The van der Waals surface area contributed by atoms with Crippen molar-refractivity contribution in [1.82, 2.24) is 5.32 Å². The first-order valence-electron chi connectivity index (χ1n) is 7.60. The first-order chi connectivity index (χ1) is 10.2. The Morgan fingerprint density at radius 1 is 1.05 bits per heavy atom. The van der Waals surface area contributed by atoms with Gasteiger partial charge in [0.2, 0.25) is 0 Å². The zero-order valence-corrected chi connectivity index (χ0v) is 14.3.